The lowest BCUT2D eigenvalue weighted by molar-refractivity contribution is 0.214. The van der Waals surface area contributed by atoms with Gasteiger partial charge in [-0.25, -0.2) is 0 Å². The summed E-state index contributed by atoms with van der Waals surface area (Å²) < 4.78 is 5.79. The molecule has 0 radical (unpaired) electrons. The number of rotatable bonds is 6. The maximum atomic E-state index is 6.11. The quantitative estimate of drug-likeness (QED) is 0.870. The number of benzene rings is 1. The van der Waals surface area contributed by atoms with Crippen molar-refractivity contribution in [3.8, 4) is 5.75 Å². The number of hydrogen-bond acceptors (Lipinski definition) is 4. The molecule has 2 rings (SSSR count). The second-order valence-corrected chi connectivity index (χ2v) is 6.18. The molecule has 3 unspecified atom stereocenters. The molecule has 0 spiro atoms. The van der Waals surface area contributed by atoms with Crippen LogP contribution in [0.15, 0.2) is 24.3 Å². The summed E-state index contributed by atoms with van der Waals surface area (Å²) in [6, 6.07) is 9.12. The van der Waals surface area contributed by atoms with Gasteiger partial charge in [0.2, 0.25) is 0 Å². The van der Waals surface area contributed by atoms with E-state index in [9.17, 15) is 0 Å². The van der Waals surface area contributed by atoms with Gasteiger partial charge >= 0.3 is 0 Å². The first-order chi connectivity index (χ1) is 10.1. The summed E-state index contributed by atoms with van der Waals surface area (Å²) in [6.07, 6.45) is 0. The molecular weight excluding hydrogens is 262 g/mol. The monoisotopic (exact) mass is 291 g/mol. The van der Waals surface area contributed by atoms with Gasteiger partial charge in [-0.15, -0.1) is 0 Å². The molecule has 0 aromatic heterocycles. The van der Waals surface area contributed by atoms with Crippen LogP contribution in [-0.4, -0.2) is 56.2 Å². The second kappa shape index (κ2) is 7.25. The molecule has 1 aromatic carbocycles. The molecule has 1 aliphatic heterocycles. The lowest BCUT2D eigenvalue weighted by Crippen LogP contribution is -2.36. The number of hydrogen-bond donors (Lipinski definition) is 1. The van der Waals surface area contributed by atoms with Gasteiger partial charge in [-0.05, 0) is 33.0 Å². The summed E-state index contributed by atoms with van der Waals surface area (Å²) in [6.45, 7) is 7.81. The van der Waals surface area contributed by atoms with Crippen molar-refractivity contribution in [2.45, 2.75) is 25.9 Å². The van der Waals surface area contributed by atoms with Crippen LogP contribution in [-0.2, 0) is 0 Å². The van der Waals surface area contributed by atoms with Crippen molar-refractivity contribution >= 4 is 0 Å². The largest absolute Gasteiger partial charge is 0.494 e. The van der Waals surface area contributed by atoms with Crippen LogP contribution in [0, 0.1) is 5.92 Å². The van der Waals surface area contributed by atoms with Crippen molar-refractivity contribution in [3.63, 3.8) is 0 Å². The Bertz CT molecular complexity index is 449. The molecule has 4 nitrogen and oxygen atoms in total. The summed E-state index contributed by atoms with van der Waals surface area (Å²) in [4.78, 5) is 4.83. The predicted molar refractivity (Wildman–Crippen MR) is 87.6 cm³/mol. The third-order valence-corrected chi connectivity index (χ3v) is 4.51. The highest BCUT2D eigenvalue weighted by molar-refractivity contribution is 5.36. The Labute approximate surface area is 128 Å². The minimum atomic E-state index is 0.236. The Morgan fingerprint density at radius 2 is 2.05 bits per heavy atom. The van der Waals surface area contributed by atoms with Crippen molar-refractivity contribution in [2.24, 2.45) is 11.7 Å². The minimum absolute atomic E-state index is 0.236. The van der Waals surface area contributed by atoms with Gasteiger partial charge in [-0.3, -0.25) is 4.90 Å². The zero-order chi connectivity index (χ0) is 15.4. The molecule has 1 saturated heterocycles. The molecule has 1 fully saturated rings. The smallest absolute Gasteiger partial charge is 0.124 e. The number of likely N-dealkylation sites (tertiary alicyclic amines) is 1. The molecule has 1 aromatic rings. The Morgan fingerprint density at radius 3 is 2.62 bits per heavy atom. The van der Waals surface area contributed by atoms with E-state index in [1.54, 1.807) is 0 Å². The number of nitrogens with two attached hydrogens (primary N) is 1. The molecule has 0 aliphatic carbocycles. The standard InChI is InChI=1S/C17H29N3O/c1-5-21-17-9-7-6-8-14(17)15(10-18)20-11-13(2)16(12-20)19(3)4/h6-9,13,15-16H,5,10-12,18H2,1-4H3. The average Bonchev–Trinajstić information content (AvgIpc) is 2.84. The predicted octanol–water partition coefficient (Wildman–Crippen LogP) is 1.97. The van der Waals surface area contributed by atoms with E-state index in [1.165, 1.54) is 5.56 Å². The third kappa shape index (κ3) is 3.57. The van der Waals surface area contributed by atoms with Gasteiger partial charge in [0.1, 0.15) is 5.75 Å². The normalized spacial score (nSPS) is 24.5. The highest BCUT2D eigenvalue weighted by Gasteiger charge is 2.35. The van der Waals surface area contributed by atoms with E-state index in [4.69, 9.17) is 10.5 Å². The zero-order valence-corrected chi connectivity index (χ0v) is 13.7. The van der Waals surface area contributed by atoms with E-state index in [-0.39, 0.29) is 6.04 Å². The van der Waals surface area contributed by atoms with E-state index < -0.39 is 0 Å². The molecule has 21 heavy (non-hydrogen) atoms. The van der Waals surface area contributed by atoms with Gasteiger partial charge in [0.25, 0.3) is 0 Å². The molecule has 3 atom stereocenters. The highest BCUT2D eigenvalue weighted by atomic mass is 16.5. The molecule has 118 valence electrons. The van der Waals surface area contributed by atoms with Gasteiger partial charge in [0, 0.05) is 31.2 Å². The number of nitrogens with zero attached hydrogens (tertiary/aromatic N) is 2. The third-order valence-electron chi connectivity index (χ3n) is 4.51. The van der Waals surface area contributed by atoms with Crippen LogP contribution in [0.1, 0.15) is 25.5 Å². The van der Waals surface area contributed by atoms with E-state index in [1.807, 2.05) is 19.1 Å². The van der Waals surface area contributed by atoms with Crippen LogP contribution in [0.25, 0.3) is 0 Å². The van der Waals surface area contributed by atoms with E-state index >= 15 is 0 Å². The average molecular weight is 291 g/mol. The Kier molecular flexibility index (Phi) is 5.62. The first-order valence-corrected chi connectivity index (χ1v) is 7.90. The second-order valence-electron chi connectivity index (χ2n) is 6.18. The Balaban J connectivity index is 2.21. The molecule has 0 saturated carbocycles. The van der Waals surface area contributed by atoms with Crippen LogP contribution in [0.5, 0.6) is 5.75 Å². The van der Waals surface area contributed by atoms with E-state index in [0.717, 1.165) is 18.8 Å². The van der Waals surface area contributed by atoms with E-state index in [2.05, 4.69) is 43.0 Å². The van der Waals surface area contributed by atoms with Gasteiger partial charge in [-0.1, -0.05) is 25.1 Å². The highest BCUT2D eigenvalue weighted by Crippen LogP contribution is 2.33. The summed E-state index contributed by atoms with van der Waals surface area (Å²) >= 11 is 0. The lowest BCUT2D eigenvalue weighted by atomic mass is 10.0. The number of ether oxygens (including phenoxy) is 1. The summed E-state index contributed by atoms with van der Waals surface area (Å²) in [5.41, 5.74) is 7.32. The van der Waals surface area contributed by atoms with Gasteiger partial charge in [0.15, 0.2) is 0 Å². The number of para-hydroxylation sites is 1. The van der Waals surface area contributed by atoms with Gasteiger partial charge in [0.05, 0.1) is 12.6 Å². The molecule has 1 aliphatic rings. The Hall–Kier alpha value is -1.10. The van der Waals surface area contributed by atoms with E-state index in [0.29, 0.717) is 25.1 Å². The molecular formula is C17H29N3O. The fourth-order valence-corrected chi connectivity index (χ4v) is 3.43. The fraction of sp³-hybridized carbons (Fsp3) is 0.647. The van der Waals surface area contributed by atoms with Gasteiger partial charge in [-0.2, -0.15) is 0 Å². The first kappa shape index (κ1) is 16.3. The Morgan fingerprint density at radius 1 is 1.33 bits per heavy atom. The van der Waals surface area contributed by atoms with Gasteiger partial charge < -0.3 is 15.4 Å². The van der Waals surface area contributed by atoms with Crippen LogP contribution in [0.3, 0.4) is 0 Å². The van der Waals surface area contributed by atoms with Crippen LogP contribution in [0.2, 0.25) is 0 Å². The number of likely N-dealkylation sites (N-methyl/N-ethyl adjacent to an activating group) is 1. The topological polar surface area (TPSA) is 41.7 Å². The van der Waals surface area contributed by atoms with Crippen LogP contribution in [0.4, 0.5) is 0 Å². The van der Waals surface area contributed by atoms with Crippen LogP contribution < -0.4 is 10.5 Å². The fourth-order valence-electron chi connectivity index (χ4n) is 3.43. The molecule has 2 N–H and O–H groups in total. The summed E-state index contributed by atoms with van der Waals surface area (Å²) in [7, 11) is 4.33. The summed E-state index contributed by atoms with van der Waals surface area (Å²) in [5.74, 6) is 1.63. The molecule has 0 bridgehead atoms. The van der Waals surface area contributed by atoms with Crippen LogP contribution >= 0.6 is 0 Å². The zero-order valence-electron chi connectivity index (χ0n) is 13.7. The molecule has 0 amide bonds. The van der Waals surface area contributed by atoms with Crippen molar-refractivity contribution in [2.75, 3.05) is 40.3 Å². The van der Waals surface area contributed by atoms with Crippen molar-refractivity contribution in [1.29, 1.82) is 0 Å². The SMILES string of the molecule is CCOc1ccccc1C(CN)N1CC(C)C(N(C)C)C1. The first-order valence-electron chi connectivity index (χ1n) is 7.90. The maximum absolute atomic E-state index is 6.11. The maximum Gasteiger partial charge on any atom is 0.124 e. The lowest BCUT2D eigenvalue weighted by Gasteiger charge is -2.29. The molecule has 4 heteroatoms. The van der Waals surface area contributed by atoms with Crippen molar-refractivity contribution < 1.29 is 4.74 Å². The van der Waals surface area contributed by atoms with Crippen molar-refractivity contribution in [3.05, 3.63) is 29.8 Å². The minimum Gasteiger partial charge on any atom is -0.494 e. The van der Waals surface area contributed by atoms with Crippen molar-refractivity contribution in [1.82, 2.24) is 9.80 Å². The molecule has 1 heterocycles. The summed E-state index contributed by atoms with van der Waals surface area (Å²) in [5, 5.41) is 0.